The summed E-state index contributed by atoms with van der Waals surface area (Å²) in [4.78, 5) is 12.0. The van der Waals surface area contributed by atoms with Crippen LogP contribution < -0.4 is 11.3 Å². The van der Waals surface area contributed by atoms with E-state index in [9.17, 15) is 22.4 Å². The summed E-state index contributed by atoms with van der Waals surface area (Å²) in [5.41, 5.74) is 3.01. The molecule has 21 heavy (non-hydrogen) atoms. The first-order chi connectivity index (χ1) is 9.62. The van der Waals surface area contributed by atoms with E-state index in [1.807, 2.05) is 0 Å². The fraction of sp³-hybridized carbons (Fsp3) is 0.154. The van der Waals surface area contributed by atoms with Gasteiger partial charge in [0.15, 0.2) is 0 Å². The van der Waals surface area contributed by atoms with Crippen molar-refractivity contribution >= 4 is 17.3 Å². The van der Waals surface area contributed by atoms with Gasteiger partial charge < -0.3 is 10.3 Å². The average molecular weight is 321 g/mol. The monoisotopic (exact) mass is 320 g/mol. The highest BCUT2D eigenvalue weighted by molar-refractivity contribution is 6.33. The van der Waals surface area contributed by atoms with Crippen molar-refractivity contribution in [3.05, 3.63) is 51.2 Å². The molecule has 3 nitrogen and oxygen atoms in total. The first-order valence-electron chi connectivity index (χ1n) is 5.65. The zero-order valence-electron chi connectivity index (χ0n) is 10.6. The molecule has 0 radical (unpaired) electrons. The second kappa shape index (κ2) is 5.07. The Hall–Kier alpha value is -2.02. The largest absolute Gasteiger partial charge is 0.431 e. The number of nitrogens with zero attached hydrogens (tertiary/aromatic N) is 1. The van der Waals surface area contributed by atoms with E-state index in [0.717, 1.165) is 25.2 Å². The Labute approximate surface area is 121 Å². The minimum atomic E-state index is -4.68. The van der Waals surface area contributed by atoms with Crippen LogP contribution in [0.15, 0.2) is 29.1 Å². The third-order valence-corrected chi connectivity index (χ3v) is 3.30. The molecule has 112 valence electrons. The molecule has 0 aliphatic heterocycles. The molecular formula is C13H9ClF4N2O. The van der Waals surface area contributed by atoms with Crippen LogP contribution in [0.4, 0.5) is 23.2 Å². The Bertz CT molecular complexity index is 768. The smallest absolute Gasteiger partial charge is 0.398 e. The van der Waals surface area contributed by atoms with Gasteiger partial charge in [0.25, 0.3) is 5.56 Å². The number of benzene rings is 1. The maximum atomic E-state index is 13.9. The van der Waals surface area contributed by atoms with E-state index in [1.165, 1.54) is 0 Å². The van der Waals surface area contributed by atoms with Gasteiger partial charge in [0, 0.05) is 12.6 Å². The Morgan fingerprint density at radius 3 is 2.38 bits per heavy atom. The fourth-order valence-corrected chi connectivity index (χ4v) is 2.05. The molecule has 0 fully saturated rings. The lowest BCUT2D eigenvalue weighted by Crippen LogP contribution is -2.26. The minimum absolute atomic E-state index is 0.0232. The second-order valence-corrected chi connectivity index (χ2v) is 4.75. The molecule has 0 bridgehead atoms. The summed E-state index contributed by atoms with van der Waals surface area (Å²) in [5.74, 6) is -0.842. The van der Waals surface area contributed by atoms with Crippen LogP contribution in [0.1, 0.15) is 5.69 Å². The predicted octanol–water partition coefficient (Wildman–Crippen LogP) is 3.45. The van der Waals surface area contributed by atoms with Gasteiger partial charge in [-0.3, -0.25) is 4.79 Å². The molecule has 1 aromatic carbocycles. The molecule has 0 unspecified atom stereocenters. The standard InChI is InChI=1S/C13H9ClF4N2O/c1-20-11(13(16,17)18)3-2-6(12(20)21)7-4-10(19)8(14)5-9(7)15/h2-5H,19H2,1H3. The lowest BCUT2D eigenvalue weighted by molar-refractivity contribution is -0.143. The molecule has 0 atom stereocenters. The number of hydrogen-bond donors (Lipinski definition) is 1. The van der Waals surface area contributed by atoms with Gasteiger partial charge in [0.1, 0.15) is 11.5 Å². The number of hydrogen-bond acceptors (Lipinski definition) is 2. The fourth-order valence-electron chi connectivity index (χ4n) is 1.90. The third-order valence-electron chi connectivity index (χ3n) is 2.97. The van der Waals surface area contributed by atoms with Crippen molar-refractivity contribution in [1.82, 2.24) is 4.57 Å². The zero-order valence-corrected chi connectivity index (χ0v) is 11.4. The van der Waals surface area contributed by atoms with Crippen LogP contribution in [-0.4, -0.2) is 4.57 Å². The van der Waals surface area contributed by atoms with Gasteiger partial charge in [0.05, 0.1) is 16.3 Å². The molecule has 1 heterocycles. The Kier molecular flexibility index (Phi) is 3.71. The minimum Gasteiger partial charge on any atom is -0.398 e. The van der Waals surface area contributed by atoms with Crippen LogP contribution in [0.5, 0.6) is 0 Å². The molecule has 1 aromatic heterocycles. The quantitative estimate of drug-likeness (QED) is 0.646. The maximum absolute atomic E-state index is 13.9. The lowest BCUT2D eigenvalue weighted by atomic mass is 10.1. The van der Waals surface area contributed by atoms with Gasteiger partial charge >= 0.3 is 6.18 Å². The summed E-state index contributed by atoms with van der Waals surface area (Å²) >= 11 is 5.63. The Balaban J connectivity index is 2.71. The molecule has 0 aliphatic carbocycles. The Morgan fingerprint density at radius 2 is 1.81 bits per heavy atom. The van der Waals surface area contributed by atoms with Crippen LogP contribution >= 0.6 is 11.6 Å². The zero-order chi connectivity index (χ0) is 15.9. The summed E-state index contributed by atoms with van der Waals surface area (Å²) in [6.45, 7) is 0. The summed E-state index contributed by atoms with van der Waals surface area (Å²) in [6.07, 6.45) is -4.68. The summed E-state index contributed by atoms with van der Waals surface area (Å²) in [5, 5.41) is -0.0417. The van der Waals surface area contributed by atoms with Crippen LogP contribution in [0.3, 0.4) is 0 Å². The van der Waals surface area contributed by atoms with E-state index in [2.05, 4.69) is 0 Å². The van der Waals surface area contributed by atoms with Gasteiger partial charge in [-0.1, -0.05) is 11.6 Å². The summed E-state index contributed by atoms with van der Waals surface area (Å²) < 4.78 is 52.3. The first kappa shape index (κ1) is 15.4. The van der Waals surface area contributed by atoms with E-state index >= 15 is 0 Å². The van der Waals surface area contributed by atoms with Crippen molar-refractivity contribution in [2.24, 2.45) is 7.05 Å². The number of alkyl halides is 3. The van der Waals surface area contributed by atoms with E-state index in [-0.39, 0.29) is 21.8 Å². The molecule has 0 aliphatic rings. The number of pyridine rings is 1. The number of rotatable bonds is 1. The molecule has 2 rings (SSSR count). The van der Waals surface area contributed by atoms with Crippen molar-refractivity contribution in [2.45, 2.75) is 6.18 Å². The highest BCUT2D eigenvalue weighted by atomic mass is 35.5. The average Bonchev–Trinajstić information content (AvgIpc) is 2.36. The molecule has 0 spiro atoms. The predicted molar refractivity (Wildman–Crippen MR) is 71.5 cm³/mol. The van der Waals surface area contributed by atoms with Crippen molar-refractivity contribution in [2.75, 3.05) is 5.73 Å². The van der Waals surface area contributed by atoms with Crippen LogP contribution in [0.2, 0.25) is 5.02 Å². The van der Waals surface area contributed by atoms with Gasteiger partial charge in [-0.25, -0.2) is 4.39 Å². The summed E-state index contributed by atoms with van der Waals surface area (Å²) in [7, 11) is 0.964. The normalized spacial score (nSPS) is 11.7. The van der Waals surface area contributed by atoms with Crippen molar-refractivity contribution < 1.29 is 17.6 Å². The van der Waals surface area contributed by atoms with Gasteiger partial charge in [0.2, 0.25) is 0 Å². The number of aromatic nitrogens is 1. The van der Waals surface area contributed by atoms with Crippen LogP contribution in [0.25, 0.3) is 11.1 Å². The molecule has 0 saturated heterocycles. The molecule has 2 aromatic rings. The van der Waals surface area contributed by atoms with E-state index in [4.69, 9.17) is 17.3 Å². The highest BCUT2D eigenvalue weighted by Crippen LogP contribution is 2.31. The van der Waals surface area contributed by atoms with Crippen LogP contribution in [-0.2, 0) is 13.2 Å². The topological polar surface area (TPSA) is 48.0 Å². The van der Waals surface area contributed by atoms with Gasteiger partial charge in [-0.2, -0.15) is 13.2 Å². The number of halogens is 5. The maximum Gasteiger partial charge on any atom is 0.431 e. The second-order valence-electron chi connectivity index (χ2n) is 4.35. The number of nitrogens with two attached hydrogens (primary N) is 1. The number of anilines is 1. The Morgan fingerprint density at radius 1 is 1.19 bits per heavy atom. The summed E-state index contributed by atoms with van der Waals surface area (Å²) in [6, 6.07) is 3.64. The van der Waals surface area contributed by atoms with E-state index < -0.39 is 23.2 Å². The van der Waals surface area contributed by atoms with E-state index in [1.54, 1.807) is 0 Å². The van der Waals surface area contributed by atoms with Gasteiger partial charge in [-0.05, 0) is 24.3 Å². The third kappa shape index (κ3) is 2.73. The van der Waals surface area contributed by atoms with Gasteiger partial charge in [-0.15, -0.1) is 0 Å². The van der Waals surface area contributed by atoms with Crippen LogP contribution in [0, 0.1) is 5.82 Å². The van der Waals surface area contributed by atoms with Crippen molar-refractivity contribution in [3.63, 3.8) is 0 Å². The SMILES string of the molecule is Cn1c(C(F)(F)F)ccc(-c2cc(N)c(Cl)cc2F)c1=O. The molecule has 0 amide bonds. The molecule has 2 N–H and O–H groups in total. The van der Waals surface area contributed by atoms with Crippen molar-refractivity contribution in [1.29, 1.82) is 0 Å². The number of nitrogen functional groups attached to an aromatic ring is 1. The first-order valence-corrected chi connectivity index (χ1v) is 6.03. The lowest BCUT2D eigenvalue weighted by Gasteiger charge is -2.13. The highest BCUT2D eigenvalue weighted by Gasteiger charge is 2.34. The van der Waals surface area contributed by atoms with E-state index in [0.29, 0.717) is 10.6 Å². The molecule has 0 saturated carbocycles. The molecule has 8 heteroatoms. The van der Waals surface area contributed by atoms with Crippen molar-refractivity contribution in [3.8, 4) is 11.1 Å². The molecular weight excluding hydrogens is 312 g/mol.